The molecule has 4 nitrogen and oxygen atoms in total. The number of nitrogens with zero attached hydrogens (tertiary/aromatic N) is 1. The fourth-order valence-corrected chi connectivity index (χ4v) is 1.98. The number of hydrogen-bond acceptors (Lipinski definition) is 3. The van der Waals surface area contributed by atoms with Crippen LogP contribution in [0, 0.1) is 5.92 Å². The first-order chi connectivity index (χ1) is 8.59. The summed E-state index contributed by atoms with van der Waals surface area (Å²) in [4.78, 5) is 13.5. The molecule has 0 aromatic heterocycles. The van der Waals surface area contributed by atoms with Crippen molar-refractivity contribution in [1.29, 1.82) is 0 Å². The molecule has 0 aromatic rings. The first kappa shape index (κ1) is 17.4. The summed E-state index contributed by atoms with van der Waals surface area (Å²) in [6, 6.07) is 0.292. The highest BCUT2D eigenvalue weighted by molar-refractivity contribution is 5.73. The molecule has 0 spiro atoms. The van der Waals surface area contributed by atoms with Gasteiger partial charge in [0.2, 0.25) is 5.91 Å². The number of ether oxygens (including phenoxy) is 1. The van der Waals surface area contributed by atoms with Crippen molar-refractivity contribution in [3.63, 3.8) is 0 Å². The van der Waals surface area contributed by atoms with Crippen LogP contribution in [-0.4, -0.2) is 49.7 Å². The van der Waals surface area contributed by atoms with Crippen molar-refractivity contribution in [3.8, 4) is 0 Å². The zero-order valence-corrected chi connectivity index (χ0v) is 12.7. The summed E-state index contributed by atoms with van der Waals surface area (Å²) in [5.74, 6) is 0.561. The van der Waals surface area contributed by atoms with Crippen LogP contribution in [0.3, 0.4) is 0 Å². The Balaban J connectivity index is 0.00000137. The molecule has 1 fully saturated rings. The van der Waals surface area contributed by atoms with Gasteiger partial charge in [0.1, 0.15) is 0 Å². The van der Waals surface area contributed by atoms with Crippen LogP contribution in [0.5, 0.6) is 0 Å². The van der Waals surface area contributed by atoms with Gasteiger partial charge in [0.25, 0.3) is 0 Å². The van der Waals surface area contributed by atoms with Crippen LogP contribution in [-0.2, 0) is 9.53 Å². The number of hydrogen-bond donors (Lipinski definition) is 1. The molecule has 0 radical (unpaired) electrons. The van der Waals surface area contributed by atoms with Crippen molar-refractivity contribution in [3.05, 3.63) is 0 Å². The molecule has 4 heteroatoms. The molecule has 18 heavy (non-hydrogen) atoms. The van der Waals surface area contributed by atoms with Gasteiger partial charge in [0.05, 0.1) is 13.2 Å². The van der Waals surface area contributed by atoms with Crippen LogP contribution in [0.1, 0.15) is 41.0 Å². The van der Waals surface area contributed by atoms with Crippen molar-refractivity contribution in [1.82, 2.24) is 10.2 Å². The molecule has 1 rings (SSSR count). The Labute approximate surface area is 112 Å². The highest BCUT2D eigenvalue weighted by Gasteiger charge is 2.17. The van der Waals surface area contributed by atoms with Crippen molar-refractivity contribution < 1.29 is 9.53 Å². The van der Waals surface area contributed by atoms with Gasteiger partial charge in [-0.05, 0) is 12.3 Å². The normalized spacial score (nSPS) is 17.9. The molecule has 1 N–H and O–H groups in total. The molecule has 108 valence electrons. The maximum atomic E-state index is 11.1. The monoisotopic (exact) mass is 258 g/mol. The SMILES string of the molecule is CC.CC(=O)NC(CCN1CCOCC1)C(C)C. The first-order valence-electron chi connectivity index (χ1n) is 7.17. The number of nitrogens with one attached hydrogen (secondary N) is 1. The second-order valence-corrected chi connectivity index (χ2v) is 4.79. The minimum absolute atomic E-state index is 0.0701. The average Bonchev–Trinajstić information content (AvgIpc) is 2.37. The van der Waals surface area contributed by atoms with Crippen molar-refractivity contribution in [2.75, 3.05) is 32.8 Å². The number of morpholine rings is 1. The van der Waals surface area contributed by atoms with Crippen molar-refractivity contribution in [2.24, 2.45) is 5.92 Å². The van der Waals surface area contributed by atoms with Crippen molar-refractivity contribution in [2.45, 2.75) is 47.1 Å². The number of carbonyl (C=O) groups excluding carboxylic acids is 1. The van der Waals surface area contributed by atoms with Gasteiger partial charge in [-0.3, -0.25) is 9.69 Å². The minimum atomic E-state index is 0.0701. The molecule has 1 heterocycles. The van der Waals surface area contributed by atoms with Crippen LogP contribution < -0.4 is 5.32 Å². The van der Waals surface area contributed by atoms with E-state index in [4.69, 9.17) is 4.74 Å². The topological polar surface area (TPSA) is 41.6 Å². The predicted molar refractivity (Wildman–Crippen MR) is 75.7 cm³/mol. The molecular formula is C14H30N2O2. The standard InChI is InChI=1S/C12H24N2O2.C2H6/c1-10(2)12(13-11(3)15)4-5-14-6-8-16-9-7-14;1-2/h10,12H,4-9H2,1-3H3,(H,13,15);1-2H3. The summed E-state index contributed by atoms with van der Waals surface area (Å²) in [6.07, 6.45) is 1.03. The van der Waals surface area contributed by atoms with Gasteiger partial charge in [0, 0.05) is 32.6 Å². The van der Waals surface area contributed by atoms with E-state index in [1.165, 1.54) is 0 Å². The van der Waals surface area contributed by atoms with Gasteiger partial charge < -0.3 is 10.1 Å². The van der Waals surface area contributed by atoms with Gasteiger partial charge in [-0.25, -0.2) is 0 Å². The van der Waals surface area contributed by atoms with Gasteiger partial charge >= 0.3 is 0 Å². The molecular weight excluding hydrogens is 228 g/mol. The summed E-state index contributed by atoms with van der Waals surface area (Å²) in [6.45, 7) is 14.7. The third kappa shape index (κ3) is 7.67. The molecule has 1 aliphatic heterocycles. The quantitative estimate of drug-likeness (QED) is 0.819. The molecule has 1 atom stereocenters. The third-order valence-corrected chi connectivity index (χ3v) is 3.05. The molecule has 0 saturated carbocycles. The van der Waals surface area contributed by atoms with Crippen molar-refractivity contribution >= 4 is 5.91 Å². The third-order valence-electron chi connectivity index (χ3n) is 3.05. The molecule has 0 aromatic carbocycles. The molecule has 0 bridgehead atoms. The minimum Gasteiger partial charge on any atom is -0.379 e. The molecule has 0 aliphatic carbocycles. The van der Waals surface area contributed by atoms with Crippen LogP contribution in [0.15, 0.2) is 0 Å². The zero-order valence-electron chi connectivity index (χ0n) is 12.7. The summed E-state index contributed by atoms with van der Waals surface area (Å²) in [7, 11) is 0. The first-order valence-corrected chi connectivity index (χ1v) is 7.17. The Morgan fingerprint density at radius 1 is 1.28 bits per heavy atom. The van der Waals surface area contributed by atoms with E-state index in [9.17, 15) is 4.79 Å². The molecule has 1 unspecified atom stereocenters. The lowest BCUT2D eigenvalue weighted by molar-refractivity contribution is -0.120. The summed E-state index contributed by atoms with van der Waals surface area (Å²) >= 11 is 0. The fourth-order valence-electron chi connectivity index (χ4n) is 1.98. The van der Waals surface area contributed by atoms with Crippen LogP contribution in [0.25, 0.3) is 0 Å². The largest absolute Gasteiger partial charge is 0.379 e. The zero-order chi connectivity index (χ0) is 14.0. The summed E-state index contributed by atoms with van der Waals surface area (Å²) < 4.78 is 5.31. The number of rotatable bonds is 5. The van der Waals surface area contributed by atoms with E-state index in [2.05, 4.69) is 24.1 Å². The Kier molecular flexibility index (Phi) is 9.98. The van der Waals surface area contributed by atoms with Gasteiger partial charge in [0.15, 0.2) is 0 Å². The van der Waals surface area contributed by atoms with E-state index in [1.54, 1.807) is 6.92 Å². The smallest absolute Gasteiger partial charge is 0.217 e. The lowest BCUT2D eigenvalue weighted by Gasteiger charge is -2.29. The fraction of sp³-hybridized carbons (Fsp3) is 0.929. The maximum Gasteiger partial charge on any atom is 0.217 e. The molecule has 1 aliphatic rings. The van der Waals surface area contributed by atoms with Gasteiger partial charge in [-0.1, -0.05) is 27.7 Å². The Hall–Kier alpha value is -0.610. The second kappa shape index (κ2) is 10.3. The van der Waals surface area contributed by atoms with Gasteiger partial charge in [-0.2, -0.15) is 0 Å². The highest BCUT2D eigenvalue weighted by atomic mass is 16.5. The predicted octanol–water partition coefficient (Wildman–Crippen LogP) is 1.90. The highest BCUT2D eigenvalue weighted by Crippen LogP contribution is 2.08. The molecule has 1 amide bonds. The van der Waals surface area contributed by atoms with Crippen LogP contribution >= 0.6 is 0 Å². The van der Waals surface area contributed by atoms with E-state index in [-0.39, 0.29) is 5.91 Å². The van der Waals surface area contributed by atoms with Gasteiger partial charge in [-0.15, -0.1) is 0 Å². The lowest BCUT2D eigenvalue weighted by atomic mass is 10.0. The lowest BCUT2D eigenvalue weighted by Crippen LogP contribution is -2.42. The van der Waals surface area contributed by atoms with E-state index in [0.717, 1.165) is 39.3 Å². The Morgan fingerprint density at radius 3 is 2.28 bits per heavy atom. The van der Waals surface area contributed by atoms with E-state index in [0.29, 0.717) is 12.0 Å². The second-order valence-electron chi connectivity index (χ2n) is 4.79. The summed E-state index contributed by atoms with van der Waals surface area (Å²) in [5, 5.41) is 3.02. The van der Waals surface area contributed by atoms with E-state index in [1.807, 2.05) is 13.8 Å². The Morgan fingerprint density at radius 2 is 1.83 bits per heavy atom. The number of amides is 1. The maximum absolute atomic E-state index is 11.1. The average molecular weight is 258 g/mol. The number of carbonyl (C=O) groups is 1. The molecule has 1 saturated heterocycles. The Bertz CT molecular complexity index is 214. The van der Waals surface area contributed by atoms with Crippen LogP contribution in [0.2, 0.25) is 0 Å². The van der Waals surface area contributed by atoms with E-state index >= 15 is 0 Å². The van der Waals surface area contributed by atoms with Crippen LogP contribution in [0.4, 0.5) is 0 Å². The summed E-state index contributed by atoms with van der Waals surface area (Å²) in [5.41, 5.74) is 0. The van der Waals surface area contributed by atoms with E-state index < -0.39 is 0 Å².